The molecule has 3 rings (SSSR count). The summed E-state index contributed by atoms with van der Waals surface area (Å²) in [7, 11) is -4.01. The van der Waals surface area contributed by atoms with Gasteiger partial charge < -0.3 is 10.2 Å². The van der Waals surface area contributed by atoms with Crippen LogP contribution in [0, 0.1) is 11.8 Å². The SMILES string of the molecule is CCCCC(=O)N(CCNC(=O)[C@@H](CS)C1CCCCC1)Cc1ccc(-c2ccccc2S(=O)(=O)NC(C)=O)cc1. The normalized spacial score (nSPS) is 14.7. The number of sulfonamides is 1. The Bertz CT molecular complexity index is 1270. The van der Waals surface area contributed by atoms with E-state index in [4.69, 9.17) is 0 Å². The molecule has 2 N–H and O–H groups in total. The van der Waals surface area contributed by atoms with Crippen molar-refractivity contribution in [1.82, 2.24) is 14.9 Å². The second-order valence-corrected chi connectivity index (χ2v) is 12.8. The second kappa shape index (κ2) is 16.0. The van der Waals surface area contributed by atoms with Gasteiger partial charge >= 0.3 is 0 Å². The highest BCUT2D eigenvalue weighted by Gasteiger charge is 2.28. The fourth-order valence-corrected chi connectivity index (χ4v) is 7.09. The molecule has 3 amide bonds. The van der Waals surface area contributed by atoms with Gasteiger partial charge in [-0.05, 0) is 42.4 Å². The summed E-state index contributed by atoms with van der Waals surface area (Å²) in [6, 6.07) is 13.9. The second-order valence-electron chi connectivity index (χ2n) is 10.8. The van der Waals surface area contributed by atoms with E-state index >= 15 is 0 Å². The monoisotopic (exact) mass is 601 g/mol. The van der Waals surface area contributed by atoms with Crippen molar-refractivity contribution in [1.29, 1.82) is 0 Å². The number of hydrogen-bond donors (Lipinski definition) is 3. The van der Waals surface area contributed by atoms with E-state index in [1.54, 1.807) is 23.1 Å². The van der Waals surface area contributed by atoms with E-state index in [0.717, 1.165) is 51.0 Å². The molecule has 0 aliphatic heterocycles. The van der Waals surface area contributed by atoms with Crippen LogP contribution in [0.3, 0.4) is 0 Å². The molecular formula is C31H43N3O5S2. The molecular weight excluding hydrogens is 558 g/mol. The molecule has 1 atom stereocenters. The lowest BCUT2D eigenvalue weighted by atomic mass is 9.80. The lowest BCUT2D eigenvalue weighted by Gasteiger charge is -2.29. The van der Waals surface area contributed by atoms with Crippen molar-refractivity contribution >= 4 is 40.4 Å². The number of carbonyl (C=O) groups is 3. The van der Waals surface area contributed by atoms with E-state index in [0.29, 0.717) is 48.9 Å². The molecule has 0 radical (unpaired) electrons. The Balaban J connectivity index is 1.70. The van der Waals surface area contributed by atoms with E-state index in [2.05, 4.69) is 17.9 Å². The number of hydrogen-bond acceptors (Lipinski definition) is 6. The minimum atomic E-state index is -4.01. The molecule has 2 aromatic carbocycles. The number of nitrogens with zero attached hydrogens (tertiary/aromatic N) is 1. The summed E-state index contributed by atoms with van der Waals surface area (Å²) in [5.74, 6) is 0.194. The zero-order chi connectivity index (χ0) is 29.8. The summed E-state index contributed by atoms with van der Waals surface area (Å²) in [6.07, 6.45) is 7.85. The molecule has 1 saturated carbocycles. The van der Waals surface area contributed by atoms with Crippen molar-refractivity contribution in [3.05, 3.63) is 54.1 Å². The van der Waals surface area contributed by atoms with Crippen molar-refractivity contribution in [2.45, 2.75) is 76.7 Å². The summed E-state index contributed by atoms with van der Waals surface area (Å²) in [5.41, 5.74) is 2.04. The standard InChI is InChI=1S/C31H43N3O5S2/c1-3-4-14-30(36)34(20-19-32-31(37)28(22-40)25-10-6-5-7-11-25)21-24-15-17-26(18-16-24)27-12-8-9-13-29(27)41(38,39)33-23(2)35/h8-9,12-13,15-18,25,28,40H,3-7,10-11,14,19-22H2,1-2H3,(H,32,37)(H,33,35)/t28-/m0/s1. The summed E-state index contributed by atoms with van der Waals surface area (Å²) in [5, 5.41) is 3.05. The topological polar surface area (TPSA) is 113 Å². The van der Waals surface area contributed by atoms with Crippen LogP contribution in [-0.4, -0.2) is 49.9 Å². The third kappa shape index (κ3) is 9.60. The quantitative estimate of drug-likeness (QED) is 0.266. The highest BCUT2D eigenvalue weighted by Crippen LogP contribution is 2.31. The van der Waals surface area contributed by atoms with Gasteiger partial charge in [-0.2, -0.15) is 12.6 Å². The fraction of sp³-hybridized carbons (Fsp3) is 0.516. The maximum Gasteiger partial charge on any atom is 0.264 e. The first-order valence-electron chi connectivity index (χ1n) is 14.5. The van der Waals surface area contributed by atoms with E-state index in [1.807, 2.05) is 35.9 Å². The summed E-state index contributed by atoms with van der Waals surface area (Å²) >= 11 is 4.46. The average Bonchev–Trinajstić information content (AvgIpc) is 2.96. The van der Waals surface area contributed by atoms with Gasteiger partial charge in [0.15, 0.2) is 0 Å². The zero-order valence-electron chi connectivity index (χ0n) is 24.1. The molecule has 0 saturated heterocycles. The van der Waals surface area contributed by atoms with E-state index in [1.165, 1.54) is 12.5 Å². The Hall–Kier alpha value is -2.85. The van der Waals surface area contributed by atoms with Crippen molar-refractivity contribution < 1.29 is 22.8 Å². The Morgan fingerprint density at radius 2 is 1.71 bits per heavy atom. The largest absolute Gasteiger partial charge is 0.354 e. The highest BCUT2D eigenvalue weighted by molar-refractivity contribution is 7.90. The van der Waals surface area contributed by atoms with Crippen LogP contribution in [0.15, 0.2) is 53.4 Å². The maximum absolute atomic E-state index is 13.1. The lowest BCUT2D eigenvalue weighted by molar-refractivity contribution is -0.133. The molecule has 0 aromatic heterocycles. The first kappa shape index (κ1) is 32.7. The minimum Gasteiger partial charge on any atom is -0.354 e. The zero-order valence-corrected chi connectivity index (χ0v) is 25.8. The van der Waals surface area contributed by atoms with Gasteiger partial charge in [-0.3, -0.25) is 14.4 Å². The molecule has 8 nitrogen and oxygen atoms in total. The highest BCUT2D eigenvalue weighted by atomic mass is 32.2. The third-order valence-electron chi connectivity index (χ3n) is 7.62. The van der Waals surface area contributed by atoms with Gasteiger partial charge in [0.1, 0.15) is 0 Å². The van der Waals surface area contributed by atoms with Crippen LogP contribution in [0.1, 0.15) is 70.8 Å². The van der Waals surface area contributed by atoms with Gasteiger partial charge in [0.2, 0.25) is 17.7 Å². The van der Waals surface area contributed by atoms with Crippen LogP contribution in [0.25, 0.3) is 11.1 Å². The van der Waals surface area contributed by atoms with Crippen LogP contribution in [-0.2, 0) is 31.0 Å². The Morgan fingerprint density at radius 3 is 2.34 bits per heavy atom. The first-order chi connectivity index (χ1) is 19.7. The predicted octanol–water partition coefficient (Wildman–Crippen LogP) is 4.94. The van der Waals surface area contributed by atoms with Crippen LogP contribution in [0.4, 0.5) is 0 Å². The number of thiol groups is 1. The van der Waals surface area contributed by atoms with Crippen molar-refractivity contribution in [2.75, 3.05) is 18.8 Å². The van der Waals surface area contributed by atoms with E-state index in [-0.39, 0.29) is 22.6 Å². The Labute approximate surface area is 250 Å². The van der Waals surface area contributed by atoms with Crippen LogP contribution < -0.4 is 10.0 Å². The molecule has 2 aromatic rings. The summed E-state index contributed by atoms with van der Waals surface area (Å²) < 4.78 is 27.4. The fourth-order valence-electron chi connectivity index (χ4n) is 5.40. The molecule has 224 valence electrons. The predicted molar refractivity (Wildman–Crippen MR) is 165 cm³/mol. The lowest BCUT2D eigenvalue weighted by Crippen LogP contribution is -2.42. The van der Waals surface area contributed by atoms with Gasteiger partial charge in [-0.25, -0.2) is 13.1 Å². The number of rotatable bonds is 14. The Morgan fingerprint density at radius 1 is 1.02 bits per heavy atom. The number of unbranched alkanes of at least 4 members (excludes halogenated alkanes) is 1. The smallest absolute Gasteiger partial charge is 0.264 e. The van der Waals surface area contributed by atoms with Gasteiger partial charge in [-0.1, -0.05) is 75.1 Å². The summed E-state index contributed by atoms with van der Waals surface area (Å²) in [6.45, 7) is 4.36. The first-order valence-corrected chi connectivity index (χ1v) is 16.7. The Kier molecular flexibility index (Phi) is 12.7. The van der Waals surface area contributed by atoms with Crippen molar-refractivity contribution in [3.8, 4) is 11.1 Å². The molecule has 1 aliphatic rings. The molecule has 0 heterocycles. The maximum atomic E-state index is 13.1. The van der Waals surface area contributed by atoms with E-state index < -0.39 is 15.9 Å². The van der Waals surface area contributed by atoms with Crippen LogP contribution >= 0.6 is 12.6 Å². The molecule has 1 fully saturated rings. The van der Waals surface area contributed by atoms with Crippen LogP contribution in [0.5, 0.6) is 0 Å². The number of nitrogens with one attached hydrogen (secondary N) is 2. The minimum absolute atomic E-state index is 0.0165. The van der Waals surface area contributed by atoms with E-state index in [9.17, 15) is 22.8 Å². The van der Waals surface area contributed by atoms with Crippen molar-refractivity contribution in [2.24, 2.45) is 11.8 Å². The van der Waals surface area contributed by atoms with Gasteiger partial charge in [0, 0.05) is 50.2 Å². The molecule has 41 heavy (non-hydrogen) atoms. The van der Waals surface area contributed by atoms with Gasteiger partial charge in [0.25, 0.3) is 10.0 Å². The molecule has 0 spiro atoms. The number of carbonyl (C=O) groups excluding carboxylic acids is 3. The van der Waals surface area contributed by atoms with Gasteiger partial charge in [-0.15, -0.1) is 0 Å². The molecule has 0 unspecified atom stereocenters. The van der Waals surface area contributed by atoms with Crippen LogP contribution in [0.2, 0.25) is 0 Å². The summed E-state index contributed by atoms with van der Waals surface area (Å²) in [4.78, 5) is 39.2. The molecule has 10 heteroatoms. The molecule has 0 bridgehead atoms. The number of amides is 3. The average molecular weight is 602 g/mol. The van der Waals surface area contributed by atoms with Gasteiger partial charge in [0.05, 0.1) is 4.90 Å². The van der Waals surface area contributed by atoms with Crippen molar-refractivity contribution in [3.63, 3.8) is 0 Å². The number of benzene rings is 2. The third-order valence-corrected chi connectivity index (χ3v) is 9.51. The molecule has 1 aliphatic carbocycles.